The second-order valence-corrected chi connectivity index (χ2v) is 6.64. The molecule has 7 heteroatoms. The summed E-state index contributed by atoms with van der Waals surface area (Å²) >= 11 is 1.06. The molecular weight excluding hydrogens is 320 g/mol. The van der Waals surface area contributed by atoms with Gasteiger partial charge in [0.25, 0.3) is 5.91 Å². The number of likely N-dealkylation sites (tertiary alicyclic amines) is 1. The second kappa shape index (κ2) is 6.33. The molecule has 4 nitrogen and oxygen atoms in total. The molecule has 1 aromatic heterocycles. The lowest BCUT2D eigenvalue weighted by Crippen LogP contribution is -2.34. The van der Waals surface area contributed by atoms with E-state index in [1.54, 1.807) is 10.3 Å². The van der Waals surface area contributed by atoms with Crippen LogP contribution in [0.5, 0.6) is 0 Å². The maximum absolute atomic E-state index is 13.8. The molecule has 3 rings (SSSR count). The van der Waals surface area contributed by atoms with Crippen LogP contribution in [0.3, 0.4) is 0 Å². The molecule has 122 valence electrons. The van der Waals surface area contributed by atoms with Gasteiger partial charge in [-0.05, 0) is 37.9 Å². The Morgan fingerprint density at radius 2 is 2.13 bits per heavy atom. The molecule has 2 heterocycles. The van der Waals surface area contributed by atoms with Gasteiger partial charge >= 0.3 is 0 Å². The van der Waals surface area contributed by atoms with E-state index in [1.807, 2.05) is 6.92 Å². The van der Waals surface area contributed by atoms with Gasteiger partial charge < -0.3 is 10.6 Å². The van der Waals surface area contributed by atoms with Crippen LogP contribution in [0.1, 0.15) is 23.8 Å². The van der Waals surface area contributed by atoms with Crippen molar-refractivity contribution in [2.24, 2.45) is 11.7 Å². The van der Waals surface area contributed by atoms with Gasteiger partial charge in [0.2, 0.25) is 0 Å². The minimum Gasteiger partial charge on any atom is -0.334 e. The topological polar surface area (TPSA) is 59.2 Å². The first-order valence-electron chi connectivity index (χ1n) is 7.42. The zero-order valence-electron chi connectivity index (χ0n) is 12.6. The Hall–Kier alpha value is -1.86. The highest BCUT2D eigenvalue weighted by Crippen LogP contribution is 2.30. The highest BCUT2D eigenvalue weighted by molar-refractivity contribution is 7.13. The summed E-state index contributed by atoms with van der Waals surface area (Å²) < 4.78 is 27.6. The summed E-state index contributed by atoms with van der Waals surface area (Å²) in [4.78, 5) is 18.5. The van der Waals surface area contributed by atoms with Gasteiger partial charge in [-0.2, -0.15) is 0 Å². The van der Waals surface area contributed by atoms with E-state index in [2.05, 4.69) is 4.98 Å². The Morgan fingerprint density at radius 1 is 1.43 bits per heavy atom. The van der Waals surface area contributed by atoms with Crippen molar-refractivity contribution in [3.8, 4) is 10.6 Å². The number of thiazole rings is 1. The third-order valence-corrected chi connectivity index (χ3v) is 5.02. The molecule has 0 saturated carbocycles. The summed E-state index contributed by atoms with van der Waals surface area (Å²) in [5, 5.41) is 1.72. The minimum absolute atomic E-state index is 0.0893. The Morgan fingerprint density at radius 3 is 2.74 bits per heavy atom. The Balaban J connectivity index is 1.86. The number of carbonyl (C=O) groups is 1. The average Bonchev–Trinajstić information content (AvgIpc) is 3.13. The first-order valence-corrected chi connectivity index (χ1v) is 8.30. The van der Waals surface area contributed by atoms with Crippen molar-refractivity contribution in [1.82, 2.24) is 9.88 Å². The van der Waals surface area contributed by atoms with Gasteiger partial charge in [-0.15, -0.1) is 11.3 Å². The summed E-state index contributed by atoms with van der Waals surface area (Å²) in [7, 11) is 0. The van der Waals surface area contributed by atoms with Crippen LogP contribution in [0.2, 0.25) is 0 Å². The van der Waals surface area contributed by atoms with Crippen LogP contribution in [-0.4, -0.2) is 34.9 Å². The largest absolute Gasteiger partial charge is 0.334 e. The van der Waals surface area contributed by atoms with E-state index < -0.39 is 11.6 Å². The van der Waals surface area contributed by atoms with Crippen molar-refractivity contribution in [2.75, 3.05) is 13.1 Å². The van der Waals surface area contributed by atoms with Crippen LogP contribution in [-0.2, 0) is 0 Å². The number of carbonyl (C=O) groups excluding carboxylic acids is 1. The molecule has 1 aliphatic rings. The van der Waals surface area contributed by atoms with Crippen molar-refractivity contribution in [3.63, 3.8) is 0 Å². The monoisotopic (exact) mass is 337 g/mol. The molecule has 2 N–H and O–H groups in total. The number of nitrogens with two attached hydrogens (primary N) is 1. The smallest absolute Gasteiger partial charge is 0.273 e. The van der Waals surface area contributed by atoms with Gasteiger partial charge in [0.05, 0.1) is 5.56 Å². The molecule has 0 radical (unpaired) electrons. The Labute approximate surface area is 136 Å². The normalized spacial score (nSPS) is 21.0. The van der Waals surface area contributed by atoms with E-state index >= 15 is 0 Å². The molecule has 1 saturated heterocycles. The highest BCUT2D eigenvalue weighted by Gasteiger charge is 2.33. The fourth-order valence-electron chi connectivity index (χ4n) is 2.93. The fraction of sp³-hybridized carbons (Fsp3) is 0.375. The lowest BCUT2D eigenvalue weighted by molar-refractivity contribution is 0.0738. The lowest BCUT2D eigenvalue weighted by atomic mass is 10.1. The van der Waals surface area contributed by atoms with E-state index in [4.69, 9.17) is 5.73 Å². The quantitative estimate of drug-likeness (QED) is 0.937. The summed E-state index contributed by atoms with van der Waals surface area (Å²) in [6.45, 7) is 3.10. The number of amides is 1. The van der Waals surface area contributed by atoms with Crippen molar-refractivity contribution in [1.29, 1.82) is 0 Å². The summed E-state index contributed by atoms with van der Waals surface area (Å²) in [5.41, 5.74) is 5.71. The number of rotatable bonds is 3. The molecular formula is C16H17F2N3OS. The summed E-state index contributed by atoms with van der Waals surface area (Å²) in [6.07, 6.45) is 0.862. The van der Waals surface area contributed by atoms with Gasteiger partial charge in [0, 0.05) is 18.0 Å². The second-order valence-electron chi connectivity index (χ2n) is 5.78. The summed E-state index contributed by atoms with van der Waals surface area (Å²) in [6, 6.07) is 3.74. The third kappa shape index (κ3) is 2.98. The molecule has 1 aromatic carbocycles. The van der Waals surface area contributed by atoms with Crippen LogP contribution in [0.15, 0.2) is 23.6 Å². The predicted octanol–water partition coefficient (Wildman–Crippen LogP) is 2.90. The first-order chi connectivity index (χ1) is 11.0. The van der Waals surface area contributed by atoms with E-state index in [0.29, 0.717) is 13.1 Å². The lowest BCUT2D eigenvalue weighted by Gasteiger charge is -2.20. The van der Waals surface area contributed by atoms with E-state index in [9.17, 15) is 13.6 Å². The number of halogens is 2. The van der Waals surface area contributed by atoms with E-state index in [-0.39, 0.29) is 34.1 Å². The van der Waals surface area contributed by atoms with Crippen LogP contribution < -0.4 is 5.73 Å². The van der Waals surface area contributed by atoms with Gasteiger partial charge in [-0.3, -0.25) is 4.79 Å². The zero-order valence-corrected chi connectivity index (χ0v) is 13.4. The highest BCUT2D eigenvalue weighted by atomic mass is 32.1. The number of hydrogen-bond donors (Lipinski definition) is 1. The van der Waals surface area contributed by atoms with E-state index in [1.165, 1.54) is 18.2 Å². The molecule has 23 heavy (non-hydrogen) atoms. The number of aromatic nitrogens is 1. The maximum Gasteiger partial charge on any atom is 0.273 e. The predicted molar refractivity (Wildman–Crippen MR) is 85.1 cm³/mol. The molecule has 0 aliphatic carbocycles. The van der Waals surface area contributed by atoms with Crippen LogP contribution in [0, 0.1) is 17.6 Å². The number of nitrogens with zero attached hydrogens (tertiary/aromatic N) is 2. The molecule has 1 fully saturated rings. The van der Waals surface area contributed by atoms with Gasteiger partial charge in [-0.25, -0.2) is 13.8 Å². The van der Waals surface area contributed by atoms with Gasteiger partial charge in [-0.1, -0.05) is 6.07 Å². The van der Waals surface area contributed by atoms with Crippen molar-refractivity contribution in [2.45, 2.75) is 19.4 Å². The minimum atomic E-state index is -0.684. The molecule has 1 amide bonds. The summed E-state index contributed by atoms with van der Waals surface area (Å²) in [5.74, 6) is -1.30. The molecule has 1 aliphatic heterocycles. The first kappa shape index (κ1) is 16.0. The molecule has 0 spiro atoms. The van der Waals surface area contributed by atoms with Gasteiger partial charge in [0.15, 0.2) is 0 Å². The molecule has 2 unspecified atom stereocenters. The number of benzene rings is 1. The Bertz CT molecular complexity index is 714. The van der Waals surface area contributed by atoms with E-state index in [0.717, 1.165) is 17.8 Å². The number of hydrogen-bond acceptors (Lipinski definition) is 4. The van der Waals surface area contributed by atoms with Crippen molar-refractivity contribution >= 4 is 17.2 Å². The van der Waals surface area contributed by atoms with Crippen LogP contribution in [0.25, 0.3) is 10.6 Å². The van der Waals surface area contributed by atoms with Gasteiger partial charge in [0.1, 0.15) is 22.3 Å². The molecule has 2 atom stereocenters. The van der Waals surface area contributed by atoms with Crippen molar-refractivity contribution in [3.05, 3.63) is 40.9 Å². The van der Waals surface area contributed by atoms with Crippen molar-refractivity contribution < 1.29 is 13.6 Å². The average molecular weight is 337 g/mol. The fourth-order valence-corrected chi connectivity index (χ4v) is 3.77. The van der Waals surface area contributed by atoms with Crippen LogP contribution in [0.4, 0.5) is 8.78 Å². The van der Waals surface area contributed by atoms with Crippen LogP contribution >= 0.6 is 11.3 Å². The SMILES string of the molecule is CC1CC(CN)CN1C(=O)c1csc(-c2c(F)cccc2F)n1. The Kier molecular flexibility index (Phi) is 4.41. The molecule has 2 aromatic rings. The molecule has 0 bridgehead atoms. The standard InChI is InChI=1S/C16H17F2N3OS/c1-9-5-10(6-19)7-21(9)16(22)13-8-23-15(20-13)14-11(17)3-2-4-12(14)18/h2-4,8-10H,5-7,19H2,1H3. The maximum atomic E-state index is 13.8. The third-order valence-electron chi connectivity index (χ3n) is 4.16. The zero-order chi connectivity index (χ0) is 16.6.